The van der Waals surface area contributed by atoms with E-state index < -0.39 is 24.5 Å². The van der Waals surface area contributed by atoms with Gasteiger partial charge in [-0.25, -0.2) is 4.79 Å². The number of H-pyrrole nitrogens is 1. The van der Waals surface area contributed by atoms with Gasteiger partial charge in [-0.3, -0.25) is 4.79 Å². The number of benzene rings is 2. The summed E-state index contributed by atoms with van der Waals surface area (Å²) in [4.78, 5) is 39.5. The quantitative estimate of drug-likeness (QED) is 0.408. The number of ether oxygens (including phenoxy) is 1. The number of aryl methyl sites for hydroxylation is 1. The van der Waals surface area contributed by atoms with E-state index in [1.54, 1.807) is 18.3 Å². The van der Waals surface area contributed by atoms with Crippen molar-refractivity contribution in [3.63, 3.8) is 0 Å². The Hall–Kier alpha value is -4.07. The number of carboxylic acid groups (broad SMARTS) is 1. The van der Waals surface area contributed by atoms with Crippen LogP contribution in [0, 0.1) is 0 Å². The van der Waals surface area contributed by atoms with Gasteiger partial charge in [-0.05, 0) is 55.0 Å². The molecule has 0 fully saturated rings. The summed E-state index contributed by atoms with van der Waals surface area (Å²) >= 11 is 0. The van der Waals surface area contributed by atoms with E-state index in [1.165, 1.54) is 0 Å². The third-order valence-corrected chi connectivity index (χ3v) is 6.28. The zero-order chi connectivity index (χ0) is 23.7. The number of carboxylic acids is 1. The number of para-hydroxylation sites is 1. The molecule has 2 aromatic carbocycles. The van der Waals surface area contributed by atoms with Crippen molar-refractivity contribution in [1.29, 1.82) is 0 Å². The summed E-state index contributed by atoms with van der Waals surface area (Å²) in [7, 11) is 0. The third kappa shape index (κ3) is 4.26. The number of carbonyl (C=O) groups is 2. The number of aliphatic carboxylic acids is 1. The van der Waals surface area contributed by atoms with Gasteiger partial charge in [0, 0.05) is 40.5 Å². The van der Waals surface area contributed by atoms with Crippen molar-refractivity contribution in [2.45, 2.75) is 38.1 Å². The van der Waals surface area contributed by atoms with Crippen LogP contribution in [0.15, 0.2) is 57.9 Å². The summed E-state index contributed by atoms with van der Waals surface area (Å²) in [6.07, 6.45) is 5.37. The van der Waals surface area contributed by atoms with E-state index in [2.05, 4.69) is 10.3 Å². The van der Waals surface area contributed by atoms with Gasteiger partial charge in [0.25, 0.3) is 5.91 Å². The number of aromatic nitrogens is 1. The Kier molecular flexibility index (Phi) is 5.79. The Labute approximate surface area is 194 Å². The number of amides is 1. The van der Waals surface area contributed by atoms with Crippen molar-refractivity contribution in [1.82, 2.24) is 10.3 Å². The topological polar surface area (TPSA) is 124 Å². The molecule has 1 amide bonds. The maximum absolute atomic E-state index is 12.4. The normalized spacial score (nSPS) is 14.0. The molecule has 1 aliphatic rings. The van der Waals surface area contributed by atoms with Gasteiger partial charge >= 0.3 is 5.63 Å². The highest BCUT2D eigenvalue weighted by Crippen LogP contribution is 2.29. The first-order chi connectivity index (χ1) is 16.5. The molecule has 0 saturated carbocycles. The van der Waals surface area contributed by atoms with Crippen LogP contribution in [0.5, 0.6) is 5.75 Å². The maximum atomic E-state index is 12.4. The Bertz CT molecular complexity index is 1450. The molecule has 2 N–H and O–H groups in total. The van der Waals surface area contributed by atoms with Crippen LogP contribution in [0.25, 0.3) is 21.9 Å². The summed E-state index contributed by atoms with van der Waals surface area (Å²) in [5.74, 6) is -1.62. The minimum absolute atomic E-state index is 0.0737. The summed E-state index contributed by atoms with van der Waals surface area (Å²) in [5, 5.41) is 15.9. The van der Waals surface area contributed by atoms with Gasteiger partial charge in [-0.1, -0.05) is 18.2 Å². The standard InChI is InChI=1S/C26H24N2O6/c29-24(28-22(25(30)31)11-15-13-27-21-8-4-3-5-17(15)21)14-33-16-9-10-19-18-6-1-2-7-20(18)26(32)34-23(19)12-16/h3-5,8-10,12-13,22,27H,1-2,6-7,11,14H2,(H,28,29)(H,30,31)/p-1/t22-/m0/s1. The first-order valence-electron chi connectivity index (χ1n) is 11.3. The Morgan fingerprint density at radius 1 is 1.09 bits per heavy atom. The highest BCUT2D eigenvalue weighted by molar-refractivity contribution is 5.87. The lowest BCUT2D eigenvalue weighted by atomic mass is 9.91. The number of fused-ring (bicyclic) bond motifs is 4. The summed E-state index contributed by atoms with van der Waals surface area (Å²) < 4.78 is 11.0. The number of nitrogens with one attached hydrogen (secondary N) is 2. The monoisotopic (exact) mass is 459 g/mol. The second-order valence-electron chi connectivity index (χ2n) is 8.50. The molecule has 0 saturated heterocycles. The lowest BCUT2D eigenvalue weighted by molar-refractivity contribution is -0.308. The van der Waals surface area contributed by atoms with E-state index in [4.69, 9.17) is 9.15 Å². The number of hydrogen-bond acceptors (Lipinski definition) is 6. The van der Waals surface area contributed by atoms with Crippen molar-refractivity contribution in [2.24, 2.45) is 0 Å². The Morgan fingerprint density at radius 3 is 2.71 bits per heavy atom. The zero-order valence-corrected chi connectivity index (χ0v) is 18.4. The Balaban J connectivity index is 1.26. The fourth-order valence-corrected chi connectivity index (χ4v) is 4.61. The van der Waals surface area contributed by atoms with E-state index in [0.29, 0.717) is 11.3 Å². The molecule has 34 heavy (non-hydrogen) atoms. The molecule has 1 atom stereocenters. The van der Waals surface area contributed by atoms with Gasteiger partial charge < -0.3 is 29.4 Å². The second kappa shape index (κ2) is 9.05. The van der Waals surface area contributed by atoms with Gasteiger partial charge in [-0.2, -0.15) is 0 Å². The predicted molar refractivity (Wildman–Crippen MR) is 124 cm³/mol. The van der Waals surface area contributed by atoms with Crippen LogP contribution < -0.4 is 20.8 Å². The molecule has 0 radical (unpaired) electrons. The second-order valence-corrected chi connectivity index (χ2v) is 8.50. The molecule has 1 aliphatic carbocycles. The third-order valence-electron chi connectivity index (χ3n) is 6.28. The summed E-state index contributed by atoms with van der Waals surface area (Å²) in [5.41, 5.74) is 3.50. The van der Waals surface area contributed by atoms with Crippen LogP contribution in [-0.4, -0.2) is 29.5 Å². The van der Waals surface area contributed by atoms with Crippen molar-refractivity contribution in [3.8, 4) is 5.75 Å². The highest BCUT2D eigenvalue weighted by atomic mass is 16.5. The average molecular weight is 459 g/mol. The highest BCUT2D eigenvalue weighted by Gasteiger charge is 2.19. The number of hydrogen-bond donors (Lipinski definition) is 2. The maximum Gasteiger partial charge on any atom is 0.339 e. The predicted octanol–water partition coefficient (Wildman–Crippen LogP) is 2.01. The molecule has 4 aromatic rings. The minimum Gasteiger partial charge on any atom is -0.548 e. The van der Waals surface area contributed by atoms with Crippen LogP contribution in [-0.2, 0) is 28.9 Å². The van der Waals surface area contributed by atoms with E-state index in [1.807, 2.05) is 30.3 Å². The first kappa shape index (κ1) is 21.8. The van der Waals surface area contributed by atoms with Crippen LogP contribution in [0.1, 0.15) is 29.5 Å². The molecule has 8 nitrogen and oxygen atoms in total. The van der Waals surface area contributed by atoms with E-state index in [0.717, 1.165) is 58.7 Å². The van der Waals surface area contributed by atoms with E-state index >= 15 is 0 Å². The molecule has 5 rings (SSSR count). The van der Waals surface area contributed by atoms with Crippen LogP contribution in [0.3, 0.4) is 0 Å². The van der Waals surface area contributed by atoms with Crippen LogP contribution in [0.4, 0.5) is 0 Å². The van der Waals surface area contributed by atoms with Crippen molar-refractivity contribution < 1.29 is 23.8 Å². The molecule has 0 aliphatic heterocycles. The lowest BCUT2D eigenvalue weighted by Gasteiger charge is -2.20. The largest absolute Gasteiger partial charge is 0.548 e. The SMILES string of the molecule is O=C(COc1ccc2c3c(c(=O)oc2c1)CCCC3)N[C@@H](Cc1c[nH]c2ccccc12)C(=O)[O-]. The van der Waals surface area contributed by atoms with Crippen molar-refractivity contribution in [2.75, 3.05) is 6.61 Å². The average Bonchev–Trinajstić information content (AvgIpc) is 3.25. The molecule has 0 unspecified atom stereocenters. The molecule has 8 heteroatoms. The molecule has 0 bridgehead atoms. The van der Waals surface area contributed by atoms with Gasteiger partial charge in [0.15, 0.2) is 6.61 Å². The molecular formula is C26H23N2O6-. The van der Waals surface area contributed by atoms with E-state index in [-0.39, 0.29) is 12.0 Å². The minimum atomic E-state index is -1.38. The Morgan fingerprint density at radius 2 is 1.88 bits per heavy atom. The van der Waals surface area contributed by atoms with Crippen molar-refractivity contribution in [3.05, 3.63) is 75.8 Å². The first-order valence-corrected chi connectivity index (χ1v) is 11.3. The summed E-state index contributed by atoms with van der Waals surface area (Å²) in [6, 6.07) is 11.4. The molecule has 2 heterocycles. The smallest absolute Gasteiger partial charge is 0.339 e. The van der Waals surface area contributed by atoms with Gasteiger partial charge in [0.1, 0.15) is 11.3 Å². The molecule has 174 valence electrons. The molecule has 2 aromatic heterocycles. The van der Waals surface area contributed by atoms with Crippen LogP contribution >= 0.6 is 0 Å². The lowest BCUT2D eigenvalue weighted by Crippen LogP contribution is -2.50. The van der Waals surface area contributed by atoms with E-state index in [9.17, 15) is 19.5 Å². The molecular weight excluding hydrogens is 436 g/mol. The van der Waals surface area contributed by atoms with Gasteiger partial charge in [0.05, 0.1) is 12.0 Å². The zero-order valence-electron chi connectivity index (χ0n) is 18.4. The summed E-state index contributed by atoms with van der Waals surface area (Å²) in [6.45, 7) is -0.391. The fourth-order valence-electron chi connectivity index (χ4n) is 4.61. The number of carbonyl (C=O) groups excluding carboxylic acids is 2. The van der Waals surface area contributed by atoms with Crippen LogP contribution in [0.2, 0.25) is 0 Å². The molecule has 0 spiro atoms. The fraction of sp³-hybridized carbons (Fsp3) is 0.269. The van der Waals surface area contributed by atoms with Gasteiger partial charge in [-0.15, -0.1) is 0 Å². The number of rotatable bonds is 7. The van der Waals surface area contributed by atoms with Crippen molar-refractivity contribution >= 4 is 33.7 Å². The van der Waals surface area contributed by atoms with Gasteiger partial charge in [0.2, 0.25) is 0 Å². The number of aromatic amines is 1.